The van der Waals surface area contributed by atoms with Gasteiger partial charge in [-0.3, -0.25) is 9.67 Å². The Bertz CT molecular complexity index is 616. The van der Waals surface area contributed by atoms with Gasteiger partial charge in [-0.05, 0) is 43.5 Å². The van der Waals surface area contributed by atoms with Gasteiger partial charge >= 0.3 is 0 Å². The van der Waals surface area contributed by atoms with Gasteiger partial charge < -0.3 is 15.4 Å². The minimum atomic E-state index is 0. The zero-order valence-corrected chi connectivity index (χ0v) is 17.3. The molecule has 0 aliphatic carbocycles. The second-order valence-corrected chi connectivity index (χ2v) is 5.41. The highest BCUT2D eigenvalue weighted by atomic mass is 127. The van der Waals surface area contributed by atoms with Crippen LogP contribution in [-0.2, 0) is 13.0 Å². The first-order valence-electron chi connectivity index (χ1n) is 8.44. The summed E-state index contributed by atoms with van der Waals surface area (Å²) >= 11 is 0. The summed E-state index contributed by atoms with van der Waals surface area (Å²) in [7, 11) is 1.69. The summed E-state index contributed by atoms with van der Waals surface area (Å²) in [6.45, 7) is 5.42. The van der Waals surface area contributed by atoms with Crippen molar-refractivity contribution in [3.8, 4) is 5.75 Å². The molecule has 0 saturated carbocycles. The lowest BCUT2D eigenvalue weighted by atomic mass is 10.1. The third-order valence-corrected chi connectivity index (χ3v) is 3.56. The van der Waals surface area contributed by atoms with E-state index in [1.54, 1.807) is 13.3 Å². The van der Waals surface area contributed by atoms with Crippen LogP contribution in [0, 0.1) is 0 Å². The highest BCUT2D eigenvalue weighted by molar-refractivity contribution is 14.0. The predicted molar refractivity (Wildman–Crippen MR) is 113 cm³/mol. The standard InChI is InChI=1S/C18H27N5O.HI/c1-3-19-18(20-10-5-13-23-14-6-11-22-23)21-12-9-16-7-4-8-17(15-16)24-2;/h4,6-8,11,14-15H,3,5,9-10,12-13H2,1-2H3,(H2,19,20,21);1H. The molecule has 0 amide bonds. The Morgan fingerprint density at radius 3 is 2.88 bits per heavy atom. The van der Waals surface area contributed by atoms with Crippen molar-refractivity contribution < 1.29 is 4.74 Å². The summed E-state index contributed by atoms with van der Waals surface area (Å²) in [5.74, 6) is 1.76. The predicted octanol–water partition coefficient (Wildman–Crippen LogP) is 2.70. The zero-order chi connectivity index (χ0) is 17.0. The molecular weight excluding hydrogens is 429 g/mol. The van der Waals surface area contributed by atoms with Gasteiger partial charge in [0.1, 0.15) is 5.75 Å². The van der Waals surface area contributed by atoms with E-state index >= 15 is 0 Å². The van der Waals surface area contributed by atoms with Crippen molar-refractivity contribution >= 4 is 29.9 Å². The molecule has 0 saturated heterocycles. The van der Waals surface area contributed by atoms with Gasteiger partial charge in [0.05, 0.1) is 7.11 Å². The number of halogens is 1. The Labute approximate surface area is 167 Å². The lowest BCUT2D eigenvalue weighted by Gasteiger charge is -2.11. The smallest absolute Gasteiger partial charge is 0.191 e. The molecular formula is C18H28IN5O. The van der Waals surface area contributed by atoms with Crippen molar-refractivity contribution in [3.05, 3.63) is 48.3 Å². The van der Waals surface area contributed by atoms with Gasteiger partial charge in [0.2, 0.25) is 0 Å². The maximum atomic E-state index is 5.25. The van der Waals surface area contributed by atoms with Gasteiger partial charge in [0.15, 0.2) is 5.96 Å². The summed E-state index contributed by atoms with van der Waals surface area (Å²) in [5.41, 5.74) is 1.25. The highest BCUT2D eigenvalue weighted by Crippen LogP contribution is 2.12. The summed E-state index contributed by atoms with van der Waals surface area (Å²) in [6, 6.07) is 10.1. The van der Waals surface area contributed by atoms with E-state index in [0.29, 0.717) is 0 Å². The minimum absolute atomic E-state index is 0. The van der Waals surface area contributed by atoms with E-state index in [2.05, 4.69) is 39.8 Å². The Balaban J connectivity index is 0.00000312. The molecule has 1 aromatic carbocycles. The number of aliphatic imine (C=N–C) groups is 1. The molecule has 6 nitrogen and oxygen atoms in total. The first-order valence-corrected chi connectivity index (χ1v) is 8.44. The lowest BCUT2D eigenvalue weighted by Crippen LogP contribution is -2.38. The van der Waals surface area contributed by atoms with E-state index in [4.69, 9.17) is 4.74 Å². The SMILES string of the molecule is CCNC(=NCCCn1cccn1)NCCc1cccc(OC)c1.I. The Morgan fingerprint density at radius 2 is 2.16 bits per heavy atom. The van der Waals surface area contributed by atoms with Crippen LogP contribution in [0.4, 0.5) is 0 Å². The number of rotatable bonds is 9. The lowest BCUT2D eigenvalue weighted by molar-refractivity contribution is 0.414. The molecule has 0 fully saturated rings. The number of ether oxygens (including phenoxy) is 1. The third kappa shape index (κ3) is 8.24. The number of nitrogens with zero attached hydrogens (tertiary/aromatic N) is 3. The third-order valence-electron chi connectivity index (χ3n) is 3.56. The van der Waals surface area contributed by atoms with Crippen LogP contribution >= 0.6 is 24.0 Å². The van der Waals surface area contributed by atoms with Crippen LogP contribution in [0.3, 0.4) is 0 Å². The molecule has 0 unspecified atom stereocenters. The van der Waals surface area contributed by atoms with Crippen molar-refractivity contribution in [3.63, 3.8) is 0 Å². The van der Waals surface area contributed by atoms with Crippen LogP contribution in [0.1, 0.15) is 18.9 Å². The fourth-order valence-corrected chi connectivity index (χ4v) is 2.35. The number of methoxy groups -OCH3 is 1. The van der Waals surface area contributed by atoms with Crippen molar-refractivity contribution in [1.29, 1.82) is 0 Å². The summed E-state index contributed by atoms with van der Waals surface area (Å²) < 4.78 is 7.18. The number of nitrogens with one attached hydrogen (secondary N) is 2. The molecule has 25 heavy (non-hydrogen) atoms. The number of guanidine groups is 1. The van der Waals surface area contributed by atoms with E-state index in [9.17, 15) is 0 Å². The van der Waals surface area contributed by atoms with Gasteiger partial charge in [-0.2, -0.15) is 5.10 Å². The van der Waals surface area contributed by atoms with E-state index in [-0.39, 0.29) is 24.0 Å². The van der Waals surface area contributed by atoms with Crippen LogP contribution in [0.5, 0.6) is 5.75 Å². The molecule has 7 heteroatoms. The van der Waals surface area contributed by atoms with Crippen LogP contribution in [0.25, 0.3) is 0 Å². The molecule has 2 rings (SSSR count). The molecule has 0 bridgehead atoms. The fourth-order valence-electron chi connectivity index (χ4n) is 2.35. The van der Waals surface area contributed by atoms with Gasteiger partial charge in [-0.15, -0.1) is 24.0 Å². The summed E-state index contributed by atoms with van der Waals surface area (Å²) in [6.07, 6.45) is 5.66. The van der Waals surface area contributed by atoms with Crippen LogP contribution < -0.4 is 15.4 Å². The van der Waals surface area contributed by atoms with Crippen molar-refractivity contribution in [1.82, 2.24) is 20.4 Å². The average Bonchev–Trinajstić information content (AvgIpc) is 3.12. The van der Waals surface area contributed by atoms with Crippen molar-refractivity contribution in [2.45, 2.75) is 26.3 Å². The quantitative estimate of drug-likeness (QED) is 0.263. The monoisotopic (exact) mass is 457 g/mol. The van der Waals surface area contributed by atoms with Gasteiger partial charge in [-0.25, -0.2) is 0 Å². The number of hydrogen-bond donors (Lipinski definition) is 2. The van der Waals surface area contributed by atoms with E-state index < -0.39 is 0 Å². The Morgan fingerprint density at radius 1 is 1.28 bits per heavy atom. The molecule has 0 radical (unpaired) electrons. The zero-order valence-electron chi connectivity index (χ0n) is 14.9. The Hall–Kier alpha value is -1.77. The largest absolute Gasteiger partial charge is 0.497 e. The molecule has 1 heterocycles. The fraction of sp³-hybridized carbons (Fsp3) is 0.444. The van der Waals surface area contributed by atoms with E-state index in [1.165, 1.54) is 5.56 Å². The first-order chi connectivity index (χ1) is 11.8. The highest BCUT2D eigenvalue weighted by Gasteiger charge is 1.99. The van der Waals surface area contributed by atoms with Crippen molar-refractivity contribution in [2.24, 2.45) is 4.99 Å². The topological polar surface area (TPSA) is 63.5 Å². The second kappa shape index (κ2) is 12.6. The summed E-state index contributed by atoms with van der Waals surface area (Å²) in [5, 5.41) is 10.8. The van der Waals surface area contributed by atoms with Gasteiger partial charge in [0.25, 0.3) is 0 Å². The molecule has 0 spiro atoms. The molecule has 2 N–H and O–H groups in total. The molecule has 0 aliphatic heterocycles. The van der Waals surface area contributed by atoms with Crippen molar-refractivity contribution in [2.75, 3.05) is 26.7 Å². The van der Waals surface area contributed by atoms with Gasteiger partial charge in [-0.1, -0.05) is 12.1 Å². The van der Waals surface area contributed by atoms with Gasteiger partial charge in [0, 0.05) is 38.6 Å². The number of aryl methyl sites for hydroxylation is 1. The molecule has 0 aliphatic rings. The van der Waals surface area contributed by atoms with E-state index in [1.807, 2.05) is 29.1 Å². The normalized spacial score (nSPS) is 10.9. The minimum Gasteiger partial charge on any atom is -0.497 e. The Kier molecular flexibility index (Phi) is 10.7. The van der Waals surface area contributed by atoms with E-state index in [0.717, 1.165) is 50.7 Å². The van der Waals surface area contributed by atoms with Crippen LogP contribution in [-0.4, -0.2) is 42.5 Å². The molecule has 1 aromatic heterocycles. The average molecular weight is 457 g/mol. The maximum Gasteiger partial charge on any atom is 0.191 e. The van der Waals surface area contributed by atoms with Crippen LogP contribution in [0.15, 0.2) is 47.7 Å². The number of hydrogen-bond acceptors (Lipinski definition) is 3. The maximum absolute atomic E-state index is 5.25. The molecule has 138 valence electrons. The molecule has 0 atom stereocenters. The second-order valence-electron chi connectivity index (χ2n) is 5.41. The number of aromatic nitrogens is 2. The summed E-state index contributed by atoms with van der Waals surface area (Å²) in [4.78, 5) is 4.61. The van der Waals surface area contributed by atoms with Crippen LogP contribution in [0.2, 0.25) is 0 Å². The number of benzene rings is 1. The molecule has 2 aromatic rings. The first kappa shape index (κ1) is 21.3.